The van der Waals surface area contributed by atoms with Gasteiger partial charge in [-0.15, -0.1) is 0 Å². The van der Waals surface area contributed by atoms with Crippen LogP contribution in [0.5, 0.6) is 0 Å². The minimum absolute atomic E-state index is 0.205. The van der Waals surface area contributed by atoms with Gasteiger partial charge in [0.2, 0.25) is 0 Å². The summed E-state index contributed by atoms with van der Waals surface area (Å²) in [5.41, 5.74) is 6.18. The third-order valence-electron chi connectivity index (χ3n) is 2.81. The monoisotopic (exact) mass is 239 g/mol. The number of quaternary nitrogens is 1. The number of ether oxygens (including phenoxy) is 1. The second-order valence-electron chi connectivity index (χ2n) is 5.31. The molecule has 1 amide bonds. The van der Waals surface area contributed by atoms with Crippen molar-refractivity contribution in [3.63, 3.8) is 0 Å². The zero-order chi connectivity index (χ0) is 13.1. The number of carbonyl (C=O) groups is 1. The van der Waals surface area contributed by atoms with Crippen LogP contribution >= 0.6 is 0 Å². The maximum Gasteiger partial charge on any atom is 0.521 e. The summed E-state index contributed by atoms with van der Waals surface area (Å²) in [4.78, 5) is 12.2. The van der Waals surface area contributed by atoms with Crippen LogP contribution in [0.1, 0.15) is 27.7 Å². The van der Waals surface area contributed by atoms with E-state index >= 15 is 0 Å². The number of hydrogen-bond donors (Lipinski definition) is 1. The minimum Gasteiger partial charge on any atom is -0.414 e. The molecule has 1 rings (SSSR count). The van der Waals surface area contributed by atoms with Gasteiger partial charge in [0.25, 0.3) is 0 Å². The first-order valence-corrected chi connectivity index (χ1v) is 6.01. The Kier molecular flexibility index (Phi) is 4.11. The fourth-order valence-corrected chi connectivity index (χ4v) is 1.65. The lowest BCUT2D eigenvalue weighted by Crippen LogP contribution is -2.51. The predicted octanol–water partition coefficient (Wildman–Crippen LogP) is 2.17. The Hall–Kier alpha value is -1.13. The Balaban J connectivity index is 2.83. The molecule has 0 aliphatic carbocycles. The lowest BCUT2D eigenvalue weighted by atomic mass is 10.1. The summed E-state index contributed by atoms with van der Waals surface area (Å²) < 4.78 is 5.67. The van der Waals surface area contributed by atoms with Crippen LogP contribution in [-0.2, 0) is 4.74 Å². The summed E-state index contributed by atoms with van der Waals surface area (Å²) in [5, 5.41) is 0. The summed E-state index contributed by atoms with van der Waals surface area (Å²) in [6.45, 7) is 9.43. The zero-order valence-corrected chi connectivity index (χ0v) is 11.2. The molecule has 0 aromatic rings. The topological polar surface area (TPSA) is 52.3 Å². The molecule has 2 N–H and O–H groups in total. The molecule has 0 fully saturated rings. The van der Waals surface area contributed by atoms with Crippen molar-refractivity contribution in [1.29, 1.82) is 0 Å². The normalized spacial score (nSPS) is 24.4. The van der Waals surface area contributed by atoms with Crippen LogP contribution in [0.25, 0.3) is 0 Å². The first kappa shape index (κ1) is 13.9. The molecule has 0 saturated carbocycles. The number of amides is 1. The molecule has 17 heavy (non-hydrogen) atoms. The van der Waals surface area contributed by atoms with E-state index in [9.17, 15) is 4.79 Å². The molecular formula is C13H23N2O2+. The van der Waals surface area contributed by atoms with Gasteiger partial charge in [-0.1, -0.05) is 0 Å². The van der Waals surface area contributed by atoms with E-state index in [1.54, 1.807) is 0 Å². The molecule has 0 radical (unpaired) electrons. The molecule has 0 aromatic heterocycles. The van der Waals surface area contributed by atoms with E-state index in [4.69, 9.17) is 10.5 Å². The second-order valence-corrected chi connectivity index (χ2v) is 5.31. The number of rotatable bonds is 2. The Labute approximate surface area is 103 Å². The average molecular weight is 239 g/mol. The van der Waals surface area contributed by atoms with Gasteiger partial charge in [-0.3, -0.25) is 0 Å². The maximum atomic E-state index is 12.2. The number of hydrogen-bond acceptors (Lipinski definition) is 3. The van der Waals surface area contributed by atoms with Crippen LogP contribution in [0.15, 0.2) is 23.9 Å². The summed E-state index contributed by atoms with van der Waals surface area (Å²) in [7, 11) is 0. The van der Waals surface area contributed by atoms with Gasteiger partial charge >= 0.3 is 6.09 Å². The number of likely N-dealkylation sites (N-methyl/N-ethyl adjacent to an activating group) is 1. The fourth-order valence-electron chi connectivity index (χ4n) is 1.65. The largest absolute Gasteiger partial charge is 0.521 e. The van der Waals surface area contributed by atoms with Crippen LogP contribution in [-0.4, -0.2) is 35.8 Å². The standard InChI is InChI=1S/C13H23N2O2/c1-5-15(12(16)17-13(2,3)4)8-6-11(10-14)7-9-15/h6-8H,5,9-10,14H2,1-4H3/q+1. The van der Waals surface area contributed by atoms with Crippen molar-refractivity contribution in [3.05, 3.63) is 23.9 Å². The molecule has 4 heteroatoms. The molecular weight excluding hydrogens is 216 g/mol. The third kappa shape index (κ3) is 3.41. The van der Waals surface area contributed by atoms with Crippen molar-refractivity contribution >= 4 is 6.09 Å². The van der Waals surface area contributed by atoms with Crippen molar-refractivity contribution in [3.8, 4) is 0 Å². The van der Waals surface area contributed by atoms with Gasteiger partial charge in [0.05, 0.1) is 6.54 Å². The smallest absolute Gasteiger partial charge is 0.414 e. The van der Waals surface area contributed by atoms with Gasteiger partial charge < -0.3 is 10.5 Å². The summed E-state index contributed by atoms with van der Waals surface area (Å²) in [5.74, 6) is 0. The van der Waals surface area contributed by atoms with E-state index in [0.29, 0.717) is 19.6 Å². The van der Waals surface area contributed by atoms with E-state index in [-0.39, 0.29) is 10.6 Å². The van der Waals surface area contributed by atoms with E-state index in [2.05, 4.69) is 0 Å². The van der Waals surface area contributed by atoms with Gasteiger partial charge in [0.15, 0.2) is 0 Å². The van der Waals surface area contributed by atoms with Gasteiger partial charge in [0, 0.05) is 6.54 Å². The lowest BCUT2D eigenvalue weighted by molar-refractivity contribution is -0.800. The second kappa shape index (κ2) is 5.02. The van der Waals surface area contributed by atoms with Crippen LogP contribution in [0.3, 0.4) is 0 Å². The number of nitrogens with zero attached hydrogens (tertiary/aromatic N) is 1. The summed E-state index contributed by atoms with van der Waals surface area (Å²) >= 11 is 0. The van der Waals surface area contributed by atoms with Gasteiger partial charge in [-0.05, 0) is 45.4 Å². The van der Waals surface area contributed by atoms with Crippen molar-refractivity contribution in [2.45, 2.75) is 33.3 Å². The summed E-state index contributed by atoms with van der Waals surface area (Å²) in [6.07, 6.45) is 5.60. The quantitative estimate of drug-likeness (QED) is 0.751. The van der Waals surface area contributed by atoms with Crippen molar-refractivity contribution in [1.82, 2.24) is 0 Å². The first-order valence-electron chi connectivity index (χ1n) is 6.01. The maximum absolute atomic E-state index is 12.2. The molecule has 1 aliphatic heterocycles. The molecule has 96 valence electrons. The summed E-state index contributed by atoms with van der Waals surface area (Å²) in [6, 6.07) is 0. The molecule has 0 aromatic carbocycles. The molecule has 1 heterocycles. The highest BCUT2D eigenvalue weighted by atomic mass is 16.6. The van der Waals surface area contributed by atoms with Crippen LogP contribution in [0.2, 0.25) is 0 Å². The predicted molar refractivity (Wildman–Crippen MR) is 68.2 cm³/mol. The highest BCUT2D eigenvalue weighted by molar-refractivity contribution is 5.61. The SMILES string of the molecule is CC[N+]1(C(=O)OC(C)(C)C)C=CC(CN)=CC1. The minimum atomic E-state index is -0.455. The number of nitrogens with two attached hydrogens (primary N) is 1. The zero-order valence-electron chi connectivity index (χ0n) is 11.2. The molecule has 1 unspecified atom stereocenters. The first-order chi connectivity index (χ1) is 7.83. The van der Waals surface area contributed by atoms with Gasteiger partial charge in [-0.25, -0.2) is 0 Å². The van der Waals surface area contributed by atoms with Crippen LogP contribution < -0.4 is 5.73 Å². The Morgan fingerprint density at radius 2 is 2.18 bits per heavy atom. The molecule has 0 spiro atoms. The van der Waals surface area contributed by atoms with Crippen molar-refractivity contribution < 1.29 is 14.0 Å². The van der Waals surface area contributed by atoms with Crippen molar-refractivity contribution in [2.75, 3.05) is 19.6 Å². The third-order valence-corrected chi connectivity index (χ3v) is 2.81. The Morgan fingerprint density at radius 3 is 2.53 bits per heavy atom. The van der Waals surface area contributed by atoms with Gasteiger partial charge in [0.1, 0.15) is 18.3 Å². The highest BCUT2D eigenvalue weighted by Gasteiger charge is 2.38. The molecule has 1 aliphatic rings. The van der Waals surface area contributed by atoms with Crippen molar-refractivity contribution in [2.24, 2.45) is 5.73 Å². The highest BCUT2D eigenvalue weighted by Crippen LogP contribution is 2.21. The molecule has 0 saturated heterocycles. The molecule has 1 atom stereocenters. The van der Waals surface area contributed by atoms with E-state index in [1.807, 2.05) is 46.0 Å². The molecule has 0 bridgehead atoms. The van der Waals surface area contributed by atoms with Crippen LogP contribution in [0, 0.1) is 0 Å². The van der Waals surface area contributed by atoms with E-state index < -0.39 is 5.60 Å². The van der Waals surface area contributed by atoms with E-state index in [0.717, 1.165) is 5.57 Å². The fraction of sp³-hybridized carbons (Fsp3) is 0.615. The lowest BCUT2D eigenvalue weighted by Gasteiger charge is -2.33. The number of carbonyl (C=O) groups excluding carboxylic acids is 1. The average Bonchev–Trinajstić information content (AvgIpc) is 2.27. The van der Waals surface area contributed by atoms with Gasteiger partial charge in [-0.2, -0.15) is 9.28 Å². The van der Waals surface area contributed by atoms with E-state index in [1.165, 1.54) is 0 Å². The Bertz CT molecular complexity index is 353. The Morgan fingerprint density at radius 1 is 1.53 bits per heavy atom. The van der Waals surface area contributed by atoms with Crippen LogP contribution in [0.4, 0.5) is 4.79 Å². The molecule has 4 nitrogen and oxygen atoms in total.